The average Bonchev–Trinajstić information content (AvgIpc) is 1.85. The van der Waals surface area contributed by atoms with Crippen molar-refractivity contribution < 1.29 is 4.79 Å². The molecular formula is C8H14O. The standard InChI is InChI=1S/C8H14O/c1-3-5-7-8(9)6-4-2/h4H,2-3,5-7H2,1H3. The van der Waals surface area contributed by atoms with Gasteiger partial charge < -0.3 is 0 Å². The summed E-state index contributed by atoms with van der Waals surface area (Å²) in [6.07, 6.45) is 5.05. The highest BCUT2D eigenvalue weighted by Gasteiger charge is 1.95. The molecule has 0 aromatic rings. The number of carbonyl (C=O) groups excluding carboxylic acids is 1. The molecule has 0 rings (SSSR count). The minimum absolute atomic E-state index is 0.312. The van der Waals surface area contributed by atoms with E-state index in [-0.39, 0.29) is 0 Å². The third-order valence-electron chi connectivity index (χ3n) is 1.18. The average molecular weight is 126 g/mol. The molecule has 52 valence electrons. The molecule has 0 fully saturated rings. The summed E-state index contributed by atoms with van der Waals surface area (Å²) in [5.41, 5.74) is 0. The van der Waals surface area contributed by atoms with Crippen LogP contribution in [0.25, 0.3) is 0 Å². The van der Waals surface area contributed by atoms with Crippen molar-refractivity contribution in [2.24, 2.45) is 0 Å². The summed E-state index contributed by atoms with van der Waals surface area (Å²) in [5.74, 6) is 0.312. The Bertz CT molecular complexity index is 94.7. The Morgan fingerprint density at radius 3 is 2.78 bits per heavy atom. The van der Waals surface area contributed by atoms with Crippen LogP contribution in [0.5, 0.6) is 0 Å². The molecule has 0 saturated heterocycles. The molecule has 0 aliphatic heterocycles. The van der Waals surface area contributed by atoms with Gasteiger partial charge in [0.15, 0.2) is 0 Å². The van der Waals surface area contributed by atoms with Crippen molar-refractivity contribution in [3.8, 4) is 0 Å². The van der Waals surface area contributed by atoms with Gasteiger partial charge in [0.2, 0.25) is 0 Å². The van der Waals surface area contributed by atoms with Gasteiger partial charge in [-0.15, -0.1) is 6.58 Å². The molecule has 0 heterocycles. The molecule has 0 amide bonds. The summed E-state index contributed by atoms with van der Waals surface area (Å²) >= 11 is 0. The number of ketones is 1. The van der Waals surface area contributed by atoms with E-state index >= 15 is 0 Å². The van der Waals surface area contributed by atoms with Crippen LogP contribution in [0.3, 0.4) is 0 Å². The van der Waals surface area contributed by atoms with E-state index < -0.39 is 0 Å². The van der Waals surface area contributed by atoms with Crippen molar-refractivity contribution in [1.29, 1.82) is 0 Å². The van der Waals surface area contributed by atoms with E-state index in [1.54, 1.807) is 6.08 Å². The quantitative estimate of drug-likeness (QED) is 0.517. The number of unbranched alkanes of at least 4 members (excludes halogenated alkanes) is 1. The minimum atomic E-state index is 0.312. The van der Waals surface area contributed by atoms with Gasteiger partial charge in [-0.25, -0.2) is 0 Å². The largest absolute Gasteiger partial charge is 0.299 e. The van der Waals surface area contributed by atoms with Crippen molar-refractivity contribution in [1.82, 2.24) is 0 Å². The third-order valence-corrected chi connectivity index (χ3v) is 1.18. The Morgan fingerprint density at radius 1 is 1.67 bits per heavy atom. The molecule has 0 radical (unpaired) electrons. The second-order valence-electron chi connectivity index (χ2n) is 2.14. The maximum absolute atomic E-state index is 10.7. The topological polar surface area (TPSA) is 17.1 Å². The van der Waals surface area contributed by atoms with E-state index in [0.717, 1.165) is 19.3 Å². The minimum Gasteiger partial charge on any atom is -0.299 e. The Morgan fingerprint density at radius 2 is 2.33 bits per heavy atom. The fraction of sp³-hybridized carbons (Fsp3) is 0.625. The molecule has 0 aromatic heterocycles. The highest BCUT2D eigenvalue weighted by atomic mass is 16.1. The van der Waals surface area contributed by atoms with Gasteiger partial charge in [-0.1, -0.05) is 19.4 Å². The summed E-state index contributed by atoms with van der Waals surface area (Å²) in [6, 6.07) is 0. The maximum atomic E-state index is 10.7. The van der Waals surface area contributed by atoms with Crippen molar-refractivity contribution in [2.75, 3.05) is 0 Å². The van der Waals surface area contributed by atoms with Crippen LogP contribution in [0, 0.1) is 0 Å². The fourth-order valence-corrected chi connectivity index (χ4v) is 0.637. The van der Waals surface area contributed by atoms with Crippen LogP contribution in [0.1, 0.15) is 32.6 Å². The van der Waals surface area contributed by atoms with Crippen LogP contribution in [0.15, 0.2) is 12.7 Å². The van der Waals surface area contributed by atoms with Gasteiger partial charge >= 0.3 is 0 Å². The second-order valence-corrected chi connectivity index (χ2v) is 2.14. The fourth-order valence-electron chi connectivity index (χ4n) is 0.637. The normalized spacial score (nSPS) is 9.00. The third kappa shape index (κ3) is 5.28. The Balaban J connectivity index is 3.16. The molecule has 0 N–H and O–H groups in total. The lowest BCUT2D eigenvalue weighted by Gasteiger charge is -1.92. The number of allylic oxidation sites excluding steroid dienone is 1. The van der Waals surface area contributed by atoms with E-state index in [0.29, 0.717) is 12.2 Å². The summed E-state index contributed by atoms with van der Waals surface area (Å²) in [7, 11) is 0. The Hall–Kier alpha value is -0.590. The molecule has 0 unspecified atom stereocenters. The molecule has 0 atom stereocenters. The zero-order valence-electron chi connectivity index (χ0n) is 6.02. The lowest BCUT2D eigenvalue weighted by molar-refractivity contribution is -0.118. The van der Waals surface area contributed by atoms with E-state index in [2.05, 4.69) is 13.5 Å². The predicted octanol–water partition coefficient (Wildman–Crippen LogP) is 2.32. The van der Waals surface area contributed by atoms with Crippen LogP contribution >= 0.6 is 0 Å². The molecule has 0 saturated carbocycles. The van der Waals surface area contributed by atoms with Gasteiger partial charge in [0.1, 0.15) is 5.78 Å². The van der Waals surface area contributed by atoms with Crippen LogP contribution in [0.4, 0.5) is 0 Å². The SMILES string of the molecule is C=CCC(=O)CCCC. The van der Waals surface area contributed by atoms with Gasteiger partial charge in [0.05, 0.1) is 0 Å². The second kappa shape index (κ2) is 5.54. The number of rotatable bonds is 5. The molecule has 0 aliphatic rings. The van der Waals surface area contributed by atoms with Crippen molar-refractivity contribution in [3.63, 3.8) is 0 Å². The number of Topliss-reactive ketones (excluding diaryl/α,β-unsaturated/α-hetero) is 1. The molecule has 0 aliphatic carbocycles. The summed E-state index contributed by atoms with van der Waals surface area (Å²) < 4.78 is 0. The smallest absolute Gasteiger partial charge is 0.136 e. The van der Waals surface area contributed by atoms with E-state index in [1.807, 2.05) is 0 Å². The van der Waals surface area contributed by atoms with Crippen LogP contribution in [-0.4, -0.2) is 5.78 Å². The maximum Gasteiger partial charge on any atom is 0.136 e. The molecule has 1 heteroatoms. The van der Waals surface area contributed by atoms with E-state index in [9.17, 15) is 4.79 Å². The van der Waals surface area contributed by atoms with Crippen molar-refractivity contribution in [2.45, 2.75) is 32.6 Å². The van der Waals surface area contributed by atoms with E-state index in [4.69, 9.17) is 0 Å². The zero-order chi connectivity index (χ0) is 7.11. The van der Waals surface area contributed by atoms with Crippen molar-refractivity contribution in [3.05, 3.63) is 12.7 Å². The lowest BCUT2D eigenvalue weighted by atomic mass is 10.1. The van der Waals surface area contributed by atoms with Crippen molar-refractivity contribution >= 4 is 5.78 Å². The van der Waals surface area contributed by atoms with Crippen LogP contribution in [0.2, 0.25) is 0 Å². The zero-order valence-corrected chi connectivity index (χ0v) is 6.02. The first-order valence-corrected chi connectivity index (χ1v) is 3.43. The molecule has 1 nitrogen and oxygen atoms in total. The summed E-state index contributed by atoms with van der Waals surface area (Å²) in [6.45, 7) is 5.57. The number of carbonyl (C=O) groups is 1. The first kappa shape index (κ1) is 8.41. The number of hydrogen-bond acceptors (Lipinski definition) is 1. The summed E-state index contributed by atoms with van der Waals surface area (Å²) in [4.78, 5) is 10.7. The first-order chi connectivity index (χ1) is 4.31. The van der Waals surface area contributed by atoms with Gasteiger partial charge in [0, 0.05) is 12.8 Å². The van der Waals surface area contributed by atoms with Gasteiger partial charge in [-0.2, -0.15) is 0 Å². The van der Waals surface area contributed by atoms with Gasteiger partial charge in [0.25, 0.3) is 0 Å². The van der Waals surface area contributed by atoms with Gasteiger partial charge in [-0.3, -0.25) is 4.79 Å². The lowest BCUT2D eigenvalue weighted by Crippen LogP contribution is -1.93. The summed E-state index contributed by atoms with van der Waals surface area (Å²) in [5, 5.41) is 0. The molecular weight excluding hydrogens is 112 g/mol. The molecule has 0 spiro atoms. The van der Waals surface area contributed by atoms with Crippen LogP contribution in [-0.2, 0) is 4.79 Å². The predicted molar refractivity (Wildman–Crippen MR) is 39.3 cm³/mol. The monoisotopic (exact) mass is 126 g/mol. The molecule has 9 heavy (non-hydrogen) atoms. The van der Waals surface area contributed by atoms with E-state index in [1.165, 1.54) is 0 Å². The Labute approximate surface area is 56.8 Å². The molecule has 0 bridgehead atoms. The highest BCUT2D eigenvalue weighted by molar-refractivity contribution is 5.79. The van der Waals surface area contributed by atoms with Gasteiger partial charge in [-0.05, 0) is 6.42 Å². The molecule has 0 aromatic carbocycles. The highest BCUT2D eigenvalue weighted by Crippen LogP contribution is 1.97. The van der Waals surface area contributed by atoms with Crippen LogP contribution < -0.4 is 0 Å². The number of hydrogen-bond donors (Lipinski definition) is 0. The Kier molecular flexibility index (Phi) is 5.18. The first-order valence-electron chi connectivity index (χ1n) is 3.43.